The molecule has 1 amide bonds. The predicted octanol–water partition coefficient (Wildman–Crippen LogP) is 4.82. The summed E-state index contributed by atoms with van der Waals surface area (Å²) in [5.74, 6) is 0.157. The van der Waals surface area contributed by atoms with Crippen LogP contribution in [0.15, 0.2) is 72.8 Å². The molecule has 156 valence electrons. The SMILES string of the molecule is Cn1nnnc1-c1cccc(NC(=O)c2ccccc2-c2ccc(C(F)(F)F)cc2)c1. The summed E-state index contributed by atoms with van der Waals surface area (Å²) in [5, 5.41) is 14.2. The van der Waals surface area contributed by atoms with E-state index in [4.69, 9.17) is 0 Å². The van der Waals surface area contributed by atoms with E-state index in [9.17, 15) is 18.0 Å². The van der Waals surface area contributed by atoms with Crippen LogP contribution in [0.2, 0.25) is 0 Å². The Morgan fingerprint density at radius 3 is 2.35 bits per heavy atom. The van der Waals surface area contributed by atoms with Gasteiger partial charge in [-0.25, -0.2) is 4.68 Å². The number of tetrazole rings is 1. The molecule has 1 N–H and O–H groups in total. The van der Waals surface area contributed by atoms with Gasteiger partial charge in [0.05, 0.1) is 5.56 Å². The average Bonchev–Trinajstić information content (AvgIpc) is 3.19. The van der Waals surface area contributed by atoms with E-state index in [0.29, 0.717) is 28.2 Å². The molecule has 0 aliphatic rings. The molecule has 9 heteroatoms. The minimum atomic E-state index is -4.42. The van der Waals surface area contributed by atoms with Gasteiger partial charge >= 0.3 is 6.18 Å². The Morgan fingerprint density at radius 2 is 1.68 bits per heavy atom. The van der Waals surface area contributed by atoms with Crippen molar-refractivity contribution in [1.29, 1.82) is 0 Å². The average molecular weight is 423 g/mol. The molecule has 0 fully saturated rings. The van der Waals surface area contributed by atoms with Crippen LogP contribution in [0, 0.1) is 0 Å². The van der Waals surface area contributed by atoms with Gasteiger partial charge in [0, 0.05) is 23.9 Å². The molecule has 0 spiro atoms. The zero-order valence-corrected chi connectivity index (χ0v) is 16.3. The molecule has 31 heavy (non-hydrogen) atoms. The van der Waals surface area contributed by atoms with Gasteiger partial charge in [-0.15, -0.1) is 5.10 Å². The number of aromatic nitrogens is 4. The number of amides is 1. The lowest BCUT2D eigenvalue weighted by molar-refractivity contribution is -0.137. The quantitative estimate of drug-likeness (QED) is 0.511. The molecule has 0 aliphatic carbocycles. The van der Waals surface area contributed by atoms with Crippen molar-refractivity contribution in [2.75, 3.05) is 5.32 Å². The Balaban J connectivity index is 1.62. The second-order valence-corrected chi connectivity index (χ2v) is 6.78. The predicted molar refractivity (Wildman–Crippen MR) is 109 cm³/mol. The van der Waals surface area contributed by atoms with Crippen molar-refractivity contribution in [3.8, 4) is 22.5 Å². The molecule has 0 saturated carbocycles. The molecular formula is C22H16F3N5O. The molecule has 4 rings (SSSR count). The molecular weight excluding hydrogens is 407 g/mol. The number of anilines is 1. The van der Waals surface area contributed by atoms with E-state index in [1.54, 1.807) is 49.5 Å². The van der Waals surface area contributed by atoms with Crippen LogP contribution in [-0.2, 0) is 13.2 Å². The van der Waals surface area contributed by atoms with Gasteiger partial charge in [-0.2, -0.15) is 13.2 Å². The summed E-state index contributed by atoms with van der Waals surface area (Å²) < 4.78 is 40.1. The Hall–Kier alpha value is -4.01. The first-order valence-corrected chi connectivity index (χ1v) is 9.24. The third-order valence-electron chi connectivity index (χ3n) is 4.69. The van der Waals surface area contributed by atoms with Crippen LogP contribution in [0.1, 0.15) is 15.9 Å². The van der Waals surface area contributed by atoms with Crippen molar-refractivity contribution in [3.05, 3.63) is 83.9 Å². The molecule has 0 saturated heterocycles. The van der Waals surface area contributed by atoms with Gasteiger partial charge in [0.2, 0.25) is 0 Å². The lowest BCUT2D eigenvalue weighted by Gasteiger charge is -2.12. The zero-order chi connectivity index (χ0) is 22.0. The number of rotatable bonds is 4. The minimum Gasteiger partial charge on any atom is -0.322 e. The van der Waals surface area contributed by atoms with Gasteiger partial charge in [0.25, 0.3) is 5.91 Å². The fraction of sp³-hybridized carbons (Fsp3) is 0.0909. The third-order valence-corrected chi connectivity index (χ3v) is 4.69. The fourth-order valence-electron chi connectivity index (χ4n) is 3.18. The zero-order valence-electron chi connectivity index (χ0n) is 16.3. The number of halogens is 3. The minimum absolute atomic E-state index is 0.341. The van der Waals surface area contributed by atoms with Crippen LogP contribution in [0.25, 0.3) is 22.5 Å². The van der Waals surface area contributed by atoms with E-state index in [2.05, 4.69) is 20.8 Å². The summed E-state index contributed by atoms with van der Waals surface area (Å²) in [7, 11) is 1.71. The number of hydrogen-bond acceptors (Lipinski definition) is 4. The first-order chi connectivity index (χ1) is 14.8. The van der Waals surface area contributed by atoms with Crippen molar-refractivity contribution >= 4 is 11.6 Å². The number of nitrogens with one attached hydrogen (secondary N) is 1. The van der Waals surface area contributed by atoms with Gasteiger partial charge in [-0.3, -0.25) is 4.79 Å². The van der Waals surface area contributed by atoms with Gasteiger partial charge in [-0.1, -0.05) is 42.5 Å². The Bertz CT molecular complexity index is 1230. The second-order valence-electron chi connectivity index (χ2n) is 6.78. The first-order valence-electron chi connectivity index (χ1n) is 9.24. The van der Waals surface area contributed by atoms with E-state index in [1.165, 1.54) is 16.8 Å². The number of carbonyl (C=O) groups is 1. The Labute approximate surface area is 175 Å². The summed E-state index contributed by atoms with van der Waals surface area (Å²) >= 11 is 0. The standard InChI is InChI=1S/C22H16F3N5O/c1-30-20(27-28-29-30)15-5-4-6-17(13-15)26-21(31)19-8-3-2-7-18(19)14-9-11-16(12-10-14)22(23,24)25/h2-13H,1H3,(H,26,31). The highest BCUT2D eigenvalue weighted by molar-refractivity contribution is 6.08. The summed E-state index contributed by atoms with van der Waals surface area (Å²) in [4.78, 5) is 13.0. The van der Waals surface area contributed by atoms with Crippen LogP contribution in [0.5, 0.6) is 0 Å². The Morgan fingerprint density at radius 1 is 0.935 bits per heavy atom. The third kappa shape index (κ3) is 4.30. The van der Waals surface area contributed by atoms with E-state index in [1.807, 2.05) is 6.07 Å². The molecule has 6 nitrogen and oxygen atoms in total. The highest BCUT2D eigenvalue weighted by Gasteiger charge is 2.30. The van der Waals surface area contributed by atoms with E-state index in [0.717, 1.165) is 17.7 Å². The van der Waals surface area contributed by atoms with Crippen molar-refractivity contribution in [1.82, 2.24) is 20.2 Å². The molecule has 0 aliphatic heterocycles. The van der Waals surface area contributed by atoms with Crippen LogP contribution in [0.3, 0.4) is 0 Å². The molecule has 0 bridgehead atoms. The lowest BCUT2D eigenvalue weighted by Crippen LogP contribution is -2.13. The van der Waals surface area contributed by atoms with Crippen LogP contribution < -0.4 is 5.32 Å². The number of hydrogen-bond donors (Lipinski definition) is 1. The molecule has 0 radical (unpaired) electrons. The molecule has 1 heterocycles. The summed E-state index contributed by atoms with van der Waals surface area (Å²) in [5.41, 5.74) is 1.90. The maximum Gasteiger partial charge on any atom is 0.416 e. The van der Waals surface area contributed by atoms with Gasteiger partial charge in [0.1, 0.15) is 0 Å². The summed E-state index contributed by atoms with van der Waals surface area (Å²) in [6.07, 6.45) is -4.42. The maximum atomic E-state index is 13.0. The molecule has 4 aromatic rings. The van der Waals surface area contributed by atoms with Crippen molar-refractivity contribution < 1.29 is 18.0 Å². The van der Waals surface area contributed by atoms with E-state index < -0.39 is 11.7 Å². The van der Waals surface area contributed by atoms with Gasteiger partial charge in [0.15, 0.2) is 5.82 Å². The summed E-state index contributed by atoms with van der Waals surface area (Å²) in [6.45, 7) is 0. The number of benzene rings is 3. The number of carbonyl (C=O) groups excluding carboxylic acids is 1. The molecule has 0 atom stereocenters. The van der Waals surface area contributed by atoms with Gasteiger partial charge < -0.3 is 5.32 Å². The highest BCUT2D eigenvalue weighted by atomic mass is 19.4. The fourth-order valence-corrected chi connectivity index (χ4v) is 3.18. The molecule has 0 unspecified atom stereocenters. The lowest BCUT2D eigenvalue weighted by atomic mass is 9.98. The number of nitrogens with zero attached hydrogens (tertiary/aromatic N) is 4. The van der Waals surface area contributed by atoms with E-state index in [-0.39, 0.29) is 5.91 Å². The highest BCUT2D eigenvalue weighted by Crippen LogP contribution is 2.32. The van der Waals surface area contributed by atoms with Crippen LogP contribution in [0.4, 0.5) is 18.9 Å². The van der Waals surface area contributed by atoms with Crippen LogP contribution in [-0.4, -0.2) is 26.1 Å². The van der Waals surface area contributed by atoms with Crippen molar-refractivity contribution in [3.63, 3.8) is 0 Å². The molecule has 3 aromatic carbocycles. The van der Waals surface area contributed by atoms with E-state index >= 15 is 0 Å². The monoisotopic (exact) mass is 423 g/mol. The maximum absolute atomic E-state index is 13.0. The Kier molecular flexibility index (Phi) is 5.24. The van der Waals surface area contributed by atoms with Crippen molar-refractivity contribution in [2.45, 2.75) is 6.18 Å². The normalized spacial score (nSPS) is 11.4. The largest absolute Gasteiger partial charge is 0.416 e. The van der Waals surface area contributed by atoms with Crippen molar-refractivity contribution in [2.24, 2.45) is 7.05 Å². The number of aryl methyl sites for hydroxylation is 1. The second kappa shape index (κ2) is 8.02. The summed E-state index contributed by atoms with van der Waals surface area (Å²) in [6, 6.07) is 18.5. The number of alkyl halides is 3. The molecule has 1 aromatic heterocycles. The topological polar surface area (TPSA) is 72.7 Å². The smallest absolute Gasteiger partial charge is 0.322 e. The first kappa shape index (κ1) is 20.3. The van der Waals surface area contributed by atoms with Crippen LogP contribution >= 0.6 is 0 Å². The van der Waals surface area contributed by atoms with Gasteiger partial charge in [-0.05, 0) is 51.9 Å².